The highest BCUT2D eigenvalue weighted by Gasteiger charge is 2.42. The number of aromatic nitrogens is 2. The third-order valence-electron chi connectivity index (χ3n) is 5.64. The molecule has 3 rings (SSSR count). The van der Waals surface area contributed by atoms with E-state index in [0.29, 0.717) is 23.8 Å². The van der Waals surface area contributed by atoms with Gasteiger partial charge in [0, 0.05) is 51.1 Å². The molecule has 2 atom stereocenters. The van der Waals surface area contributed by atoms with Gasteiger partial charge >= 0.3 is 0 Å². The minimum Gasteiger partial charge on any atom is -0.383 e. The van der Waals surface area contributed by atoms with Crippen molar-refractivity contribution in [3.63, 3.8) is 0 Å². The molecule has 0 unspecified atom stereocenters. The van der Waals surface area contributed by atoms with Crippen LogP contribution < -0.4 is 0 Å². The molecule has 0 N–H and O–H groups in total. The first-order chi connectivity index (χ1) is 11.5. The molecule has 134 valence electrons. The zero-order chi connectivity index (χ0) is 17.3. The highest BCUT2D eigenvalue weighted by molar-refractivity contribution is 5.92. The number of nitrogens with zero attached hydrogens (tertiary/aromatic N) is 4. The van der Waals surface area contributed by atoms with Gasteiger partial charge < -0.3 is 9.64 Å². The molecule has 2 saturated heterocycles. The first-order valence-corrected chi connectivity index (χ1v) is 9.08. The molecule has 0 spiro atoms. The Bertz CT molecular complexity index is 557. The van der Waals surface area contributed by atoms with Crippen molar-refractivity contribution in [2.75, 3.05) is 27.3 Å². The van der Waals surface area contributed by atoms with E-state index < -0.39 is 0 Å². The molecule has 0 aromatic carbocycles. The van der Waals surface area contributed by atoms with Crippen LogP contribution in [0.5, 0.6) is 0 Å². The molecule has 6 heteroatoms. The summed E-state index contributed by atoms with van der Waals surface area (Å²) in [7, 11) is 3.70. The number of ether oxygens (including phenoxy) is 1. The van der Waals surface area contributed by atoms with Gasteiger partial charge in [-0.05, 0) is 45.6 Å². The highest BCUT2D eigenvalue weighted by Crippen LogP contribution is 2.37. The Kier molecular flexibility index (Phi) is 5.25. The van der Waals surface area contributed by atoms with E-state index in [1.54, 1.807) is 7.11 Å². The predicted molar refractivity (Wildman–Crippen MR) is 93.1 cm³/mol. The number of hydrogen-bond donors (Lipinski definition) is 0. The van der Waals surface area contributed by atoms with Crippen LogP contribution in [-0.4, -0.2) is 70.9 Å². The summed E-state index contributed by atoms with van der Waals surface area (Å²) in [6, 6.07) is 3.61. The fraction of sp³-hybridized carbons (Fsp3) is 0.778. The zero-order valence-corrected chi connectivity index (χ0v) is 15.3. The first-order valence-electron chi connectivity index (χ1n) is 9.08. The molecule has 2 aliphatic rings. The Morgan fingerprint density at radius 2 is 2.04 bits per heavy atom. The summed E-state index contributed by atoms with van der Waals surface area (Å²) in [6.07, 6.45) is 6.51. The van der Waals surface area contributed by atoms with E-state index in [1.807, 2.05) is 28.9 Å². The lowest BCUT2D eigenvalue weighted by Gasteiger charge is -2.42. The second kappa shape index (κ2) is 7.23. The van der Waals surface area contributed by atoms with E-state index in [4.69, 9.17) is 4.74 Å². The van der Waals surface area contributed by atoms with Crippen molar-refractivity contribution in [2.24, 2.45) is 0 Å². The van der Waals surface area contributed by atoms with Crippen LogP contribution in [0.4, 0.5) is 0 Å². The maximum Gasteiger partial charge on any atom is 0.274 e. The molecule has 1 aromatic rings. The molecule has 0 saturated carbocycles. The van der Waals surface area contributed by atoms with Crippen molar-refractivity contribution in [3.05, 3.63) is 18.0 Å². The number of fused-ring (bicyclic) bond motifs is 2. The fourth-order valence-corrected chi connectivity index (χ4v) is 4.21. The second-order valence-electron chi connectivity index (χ2n) is 7.43. The molecule has 2 fully saturated rings. The minimum absolute atomic E-state index is 0.0455. The number of hydrogen-bond acceptors (Lipinski definition) is 4. The van der Waals surface area contributed by atoms with E-state index in [0.717, 1.165) is 26.0 Å². The molecule has 1 aromatic heterocycles. The van der Waals surface area contributed by atoms with Gasteiger partial charge in [0.15, 0.2) is 0 Å². The van der Waals surface area contributed by atoms with Crippen LogP contribution in [0.1, 0.15) is 56.1 Å². The monoisotopic (exact) mass is 334 g/mol. The SMILES string of the molecule is COCCN1[C@H]2CC[C@H]1CC(N(C)C(=O)c1ccn(C(C)C)n1)C2. The lowest BCUT2D eigenvalue weighted by atomic mass is 9.96. The summed E-state index contributed by atoms with van der Waals surface area (Å²) in [5.74, 6) is 0.0455. The van der Waals surface area contributed by atoms with Crippen LogP contribution in [0.25, 0.3) is 0 Å². The number of rotatable bonds is 6. The molecular formula is C18H30N4O2. The van der Waals surface area contributed by atoms with Crippen LogP contribution in [0, 0.1) is 0 Å². The van der Waals surface area contributed by atoms with Gasteiger partial charge in [-0.2, -0.15) is 5.10 Å². The van der Waals surface area contributed by atoms with Crippen molar-refractivity contribution < 1.29 is 9.53 Å². The van der Waals surface area contributed by atoms with Gasteiger partial charge in [0.1, 0.15) is 5.69 Å². The molecule has 0 radical (unpaired) electrons. The summed E-state index contributed by atoms with van der Waals surface area (Å²) in [6.45, 7) is 5.94. The average molecular weight is 334 g/mol. The van der Waals surface area contributed by atoms with Crippen LogP contribution in [-0.2, 0) is 4.74 Å². The minimum atomic E-state index is 0.0455. The summed E-state index contributed by atoms with van der Waals surface area (Å²) in [5, 5.41) is 4.43. The average Bonchev–Trinajstić information content (AvgIpc) is 3.14. The Morgan fingerprint density at radius 1 is 1.38 bits per heavy atom. The maximum atomic E-state index is 12.8. The topological polar surface area (TPSA) is 50.6 Å². The van der Waals surface area contributed by atoms with Crippen LogP contribution in [0.3, 0.4) is 0 Å². The quantitative estimate of drug-likeness (QED) is 0.800. The first kappa shape index (κ1) is 17.4. The molecular weight excluding hydrogens is 304 g/mol. The van der Waals surface area contributed by atoms with Crippen molar-refractivity contribution >= 4 is 5.91 Å². The standard InChI is InChI=1S/C18H30N4O2/c1-13(2)22-8-7-17(19-22)18(23)20(3)16-11-14-5-6-15(12-16)21(14)9-10-24-4/h7-8,13-16H,5-6,9-12H2,1-4H3/t14-,15-/m0/s1. The second-order valence-corrected chi connectivity index (χ2v) is 7.43. The largest absolute Gasteiger partial charge is 0.383 e. The van der Waals surface area contributed by atoms with Crippen molar-refractivity contribution in [1.82, 2.24) is 19.6 Å². The summed E-state index contributed by atoms with van der Waals surface area (Å²) < 4.78 is 7.09. The molecule has 1 amide bonds. The maximum absolute atomic E-state index is 12.8. The van der Waals surface area contributed by atoms with E-state index in [2.05, 4.69) is 23.8 Å². The molecule has 3 heterocycles. The molecule has 6 nitrogen and oxygen atoms in total. The van der Waals surface area contributed by atoms with Crippen molar-refractivity contribution in [1.29, 1.82) is 0 Å². The smallest absolute Gasteiger partial charge is 0.274 e. The summed E-state index contributed by atoms with van der Waals surface area (Å²) in [4.78, 5) is 17.3. The Hall–Kier alpha value is -1.40. The highest BCUT2D eigenvalue weighted by atomic mass is 16.5. The number of amides is 1. The number of carbonyl (C=O) groups excluding carboxylic acids is 1. The predicted octanol–water partition coefficient (Wildman–Crippen LogP) is 2.18. The lowest BCUT2D eigenvalue weighted by Crippen LogP contribution is -2.51. The summed E-state index contributed by atoms with van der Waals surface area (Å²) in [5.41, 5.74) is 0.556. The van der Waals surface area contributed by atoms with Crippen LogP contribution in [0.2, 0.25) is 0 Å². The zero-order valence-electron chi connectivity index (χ0n) is 15.3. The normalized spacial score (nSPS) is 27.0. The van der Waals surface area contributed by atoms with Gasteiger partial charge in [0.25, 0.3) is 5.91 Å². The van der Waals surface area contributed by atoms with Gasteiger partial charge in [0.05, 0.1) is 6.61 Å². The third-order valence-corrected chi connectivity index (χ3v) is 5.64. The van der Waals surface area contributed by atoms with E-state index in [1.165, 1.54) is 12.8 Å². The van der Waals surface area contributed by atoms with E-state index in [9.17, 15) is 4.79 Å². The van der Waals surface area contributed by atoms with E-state index >= 15 is 0 Å². The van der Waals surface area contributed by atoms with Crippen molar-refractivity contribution in [2.45, 2.75) is 63.7 Å². The van der Waals surface area contributed by atoms with Gasteiger partial charge in [-0.3, -0.25) is 14.4 Å². The summed E-state index contributed by atoms with van der Waals surface area (Å²) >= 11 is 0. The van der Waals surface area contributed by atoms with Crippen LogP contribution >= 0.6 is 0 Å². The van der Waals surface area contributed by atoms with Gasteiger partial charge in [-0.15, -0.1) is 0 Å². The molecule has 2 bridgehead atoms. The Labute approximate surface area is 144 Å². The Morgan fingerprint density at radius 3 is 2.58 bits per heavy atom. The van der Waals surface area contributed by atoms with Crippen LogP contribution in [0.15, 0.2) is 12.3 Å². The lowest BCUT2D eigenvalue weighted by molar-refractivity contribution is 0.0402. The Balaban J connectivity index is 1.63. The molecule has 2 aliphatic heterocycles. The van der Waals surface area contributed by atoms with Crippen molar-refractivity contribution in [3.8, 4) is 0 Å². The molecule has 0 aliphatic carbocycles. The third kappa shape index (κ3) is 3.35. The number of carbonyl (C=O) groups is 1. The molecule has 24 heavy (non-hydrogen) atoms. The fourth-order valence-electron chi connectivity index (χ4n) is 4.21. The number of piperidine rings is 1. The van der Waals surface area contributed by atoms with E-state index in [-0.39, 0.29) is 11.9 Å². The van der Waals surface area contributed by atoms with Gasteiger partial charge in [-0.1, -0.05) is 0 Å². The van der Waals surface area contributed by atoms with Gasteiger partial charge in [0.2, 0.25) is 0 Å². The van der Waals surface area contributed by atoms with Gasteiger partial charge in [-0.25, -0.2) is 0 Å². The number of methoxy groups -OCH3 is 1.